The Labute approximate surface area is 102 Å². The lowest BCUT2D eigenvalue weighted by molar-refractivity contribution is 0.404. The molecule has 3 nitrogen and oxygen atoms in total. The monoisotopic (exact) mass is 242 g/mol. The van der Waals surface area contributed by atoms with Crippen LogP contribution in [-0.4, -0.2) is 19.2 Å². The topological polar surface area (TPSA) is 47.3 Å². The summed E-state index contributed by atoms with van der Waals surface area (Å²) in [6, 6.07) is 5.63. The Kier molecular flexibility index (Phi) is 4.59. The quantitative estimate of drug-likeness (QED) is 0.832. The molecule has 0 radical (unpaired) electrons. The minimum atomic E-state index is -0.228. The highest BCUT2D eigenvalue weighted by molar-refractivity contribution is 6.31. The van der Waals surface area contributed by atoms with E-state index in [1.807, 2.05) is 32.0 Å². The summed E-state index contributed by atoms with van der Waals surface area (Å²) >= 11 is 6.11. The van der Waals surface area contributed by atoms with E-state index in [4.69, 9.17) is 22.1 Å². The smallest absolute Gasteiger partial charge is 0.124 e. The Balaban J connectivity index is 2.66. The first kappa shape index (κ1) is 13.3. The molecule has 0 saturated heterocycles. The van der Waals surface area contributed by atoms with Crippen molar-refractivity contribution in [3.8, 4) is 5.75 Å². The summed E-state index contributed by atoms with van der Waals surface area (Å²) in [5.41, 5.74) is 6.62. The Bertz CT molecular complexity index is 347. The molecule has 16 heavy (non-hydrogen) atoms. The molecule has 0 fully saturated rings. The van der Waals surface area contributed by atoms with Gasteiger partial charge in [-0.3, -0.25) is 0 Å². The second-order valence-corrected chi connectivity index (χ2v) is 4.92. The fourth-order valence-corrected chi connectivity index (χ4v) is 1.64. The molecule has 0 saturated carbocycles. The summed E-state index contributed by atoms with van der Waals surface area (Å²) in [5.74, 6) is 0.801. The molecule has 0 heterocycles. The molecule has 0 atom stereocenters. The summed E-state index contributed by atoms with van der Waals surface area (Å²) < 4.78 is 5.25. The molecule has 0 unspecified atom stereocenters. The Hall–Kier alpha value is -0.770. The van der Waals surface area contributed by atoms with Gasteiger partial charge in [0.1, 0.15) is 5.75 Å². The minimum absolute atomic E-state index is 0.228. The van der Waals surface area contributed by atoms with Crippen LogP contribution in [0.25, 0.3) is 0 Å². The van der Waals surface area contributed by atoms with Gasteiger partial charge >= 0.3 is 0 Å². The van der Waals surface area contributed by atoms with Crippen LogP contribution in [0.4, 0.5) is 0 Å². The first-order valence-electron chi connectivity index (χ1n) is 5.25. The maximum Gasteiger partial charge on any atom is 0.124 e. The van der Waals surface area contributed by atoms with E-state index in [9.17, 15) is 0 Å². The van der Waals surface area contributed by atoms with Gasteiger partial charge in [-0.2, -0.15) is 0 Å². The van der Waals surface area contributed by atoms with Crippen LogP contribution in [0.15, 0.2) is 18.2 Å². The molecule has 1 aromatic rings. The van der Waals surface area contributed by atoms with Crippen molar-refractivity contribution in [2.24, 2.45) is 5.73 Å². The zero-order chi connectivity index (χ0) is 12.2. The molecule has 1 rings (SSSR count). The van der Waals surface area contributed by atoms with Gasteiger partial charge in [0.2, 0.25) is 0 Å². The van der Waals surface area contributed by atoms with E-state index in [1.165, 1.54) is 0 Å². The summed E-state index contributed by atoms with van der Waals surface area (Å²) in [6.07, 6.45) is 0. The van der Waals surface area contributed by atoms with Crippen LogP contribution >= 0.6 is 11.6 Å². The Morgan fingerprint density at radius 3 is 2.69 bits per heavy atom. The number of nitrogens with one attached hydrogen (secondary N) is 1. The zero-order valence-corrected chi connectivity index (χ0v) is 10.8. The van der Waals surface area contributed by atoms with Crippen molar-refractivity contribution in [2.45, 2.75) is 25.9 Å². The van der Waals surface area contributed by atoms with Crippen LogP contribution < -0.4 is 15.8 Å². The average Bonchev–Trinajstić information content (AvgIpc) is 2.18. The lowest BCUT2D eigenvalue weighted by Gasteiger charge is -2.19. The third-order valence-electron chi connectivity index (χ3n) is 2.18. The fourth-order valence-electron chi connectivity index (χ4n) is 1.41. The van der Waals surface area contributed by atoms with Crippen LogP contribution in [0.2, 0.25) is 5.02 Å². The SMILES string of the molecule is COc1cccc(Cl)c1CNCC(C)(C)N. The van der Waals surface area contributed by atoms with Gasteiger partial charge in [0.25, 0.3) is 0 Å². The van der Waals surface area contributed by atoms with Crippen molar-refractivity contribution in [2.75, 3.05) is 13.7 Å². The number of halogens is 1. The summed E-state index contributed by atoms with van der Waals surface area (Å²) in [4.78, 5) is 0. The van der Waals surface area contributed by atoms with Gasteiger partial charge in [0, 0.05) is 29.2 Å². The summed E-state index contributed by atoms with van der Waals surface area (Å²) in [6.45, 7) is 5.33. The first-order valence-corrected chi connectivity index (χ1v) is 5.63. The minimum Gasteiger partial charge on any atom is -0.496 e. The predicted molar refractivity (Wildman–Crippen MR) is 68.0 cm³/mol. The van der Waals surface area contributed by atoms with Crippen molar-refractivity contribution in [1.82, 2.24) is 5.32 Å². The number of benzene rings is 1. The molecule has 0 aromatic heterocycles. The van der Waals surface area contributed by atoms with Gasteiger partial charge < -0.3 is 15.8 Å². The Morgan fingerprint density at radius 2 is 2.12 bits per heavy atom. The molecule has 0 bridgehead atoms. The molecule has 0 aliphatic heterocycles. The van der Waals surface area contributed by atoms with E-state index in [-0.39, 0.29) is 5.54 Å². The van der Waals surface area contributed by atoms with Crippen molar-refractivity contribution in [3.63, 3.8) is 0 Å². The number of rotatable bonds is 5. The van der Waals surface area contributed by atoms with Gasteiger partial charge in [-0.25, -0.2) is 0 Å². The molecular weight excluding hydrogens is 224 g/mol. The summed E-state index contributed by atoms with van der Waals surface area (Å²) in [7, 11) is 1.64. The van der Waals surface area contributed by atoms with Crippen LogP contribution in [-0.2, 0) is 6.54 Å². The van der Waals surface area contributed by atoms with E-state index in [2.05, 4.69) is 5.32 Å². The largest absolute Gasteiger partial charge is 0.496 e. The normalized spacial score (nSPS) is 11.6. The van der Waals surface area contributed by atoms with E-state index in [0.29, 0.717) is 11.6 Å². The predicted octanol–water partition coefficient (Wildman–Crippen LogP) is 2.18. The van der Waals surface area contributed by atoms with E-state index in [0.717, 1.165) is 17.9 Å². The molecule has 4 heteroatoms. The number of nitrogens with two attached hydrogens (primary N) is 1. The molecule has 0 aliphatic carbocycles. The second-order valence-electron chi connectivity index (χ2n) is 4.51. The zero-order valence-electron chi connectivity index (χ0n) is 10.0. The third kappa shape index (κ3) is 4.00. The summed E-state index contributed by atoms with van der Waals surface area (Å²) in [5, 5.41) is 3.98. The van der Waals surface area contributed by atoms with E-state index in [1.54, 1.807) is 7.11 Å². The van der Waals surface area contributed by atoms with Gasteiger partial charge in [-0.1, -0.05) is 17.7 Å². The second kappa shape index (κ2) is 5.53. The number of hydrogen-bond donors (Lipinski definition) is 2. The molecule has 3 N–H and O–H groups in total. The van der Waals surface area contributed by atoms with Gasteiger partial charge in [-0.05, 0) is 26.0 Å². The third-order valence-corrected chi connectivity index (χ3v) is 2.53. The van der Waals surface area contributed by atoms with Crippen molar-refractivity contribution in [3.05, 3.63) is 28.8 Å². The van der Waals surface area contributed by atoms with E-state index < -0.39 is 0 Å². The fraction of sp³-hybridized carbons (Fsp3) is 0.500. The van der Waals surface area contributed by atoms with Crippen LogP contribution in [0.1, 0.15) is 19.4 Å². The highest BCUT2D eigenvalue weighted by Crippen LogP contribution is 2.25. The number of ether oxygens (including phenoxy) is 1. The Morgan fingerprint density at radius 1 is 1.44 bits per heavy atom. The highest BCUT2D eigenvalue weighted by atomic mass is 35.5. The molecule has 0 spiro atoms. The van der Waals surface area contributed by atoms with Crippen molar-refractivity contribution in [1.29, 1.82) is 0 Å². The van der Waals surface area contributed by atoms with Crippen molar-refractivity contribution < 1.29 is 4.74 Å². The number of methoxy groups -OCH3 is 1. The average molecular weight is 243 g/mol. The molecule has 90 valence electrons. The van der Waals surface area contributed by atoms with Gasteiger partial charge in [0.15, 0.2) is 0 Å². The lowest BCUT2D eigenvalue weighted by Crippen LogP contribution is -2.42. The van der Waals surface area contributed by atoms with Crippen LogP contribution in [0, 0.1) is 0 Å². The van der Waals surface area contributed by atoms with Crippen LogP contribution in [0.5, 0.6) is 5.75 Å². The highest BCUT2D eigenvalue weighted by Gasteiger charge is 2.11. The van der Waals surface area contributed by atoms with E-state index >= 15 is 0 Å². The first-order chi connectivity index (χ1) is 7.44. The van der Waals surface area contributed by atoms with Crippen molar-refractivity contribution >= 4 is 11.6 Å². The standard InChI is InChI=1S/C12H19ClN2O/c1-12(2,14)8-15-7-9-10(13)5-4-6-11(9)16-3/h4-6,15H,7-8,14H2,1-3H3. The molecule has 0 amide bonds. The maximum atomic E-state index is 6.11. The van der Waals surface area contributed by atoms with Gasteiger partial charge in [0.05, 0.1) is 7.11 Å². The van der Waals surface area contributed by atoms with Gasteiger partial charge in [-0.15, -0.1) is 0 Å². The maximum absolute atomic E-state index is 6.11. The van der Waals surface area contributed by atoms with Crippen LogP contribution in [0.3, 0.4) is 0 Å². The lowest BCUT2D eigenvalue weighted by atomic mass is 10.1. The number of hydrogen-bond acceptors (Lipinski definition) is 3. The molecular formula is C12H19ClN2O. The molecule has 1 aromatic carbocycles. The molecule has 0 aliphatic rings.